The summed E-state index contributed by atoms with van der Waals surface area (Å²) in [4.78, 5) is 12.3. The van der Waals surface area contributed by atoms with Crippen LogP contribution in [0.15, 0.2) is 36.4 Å². The highest BCUT2D eigenvalue weighted by atomic mass is 35.5. The molecule has 0 aliphatic rings. The van der Waals surface area contributed by atoms with Crippen molar-refractivity contribution in [3.63, 3.8) is 0 Å². The molecule has 1 amide bonds. The second-order valence-electron chi connectivity index (χ2n) is 4.65. The Morgan fingerprint density at radius 2 is 1.70 bits per heavy atom. The number of benzene rings is 2. The molecule has 122 valence electrons. The number of rotatable bonds is 5. The molecule has 0 heterocycles. The topological polar surface area (TPSA) is 47.6 Å². The van der Waals surface area contributed by atoms with Crippen molar-refractivity contribution in [2.75, 3.05) is 12.4 Å². The van der Waals surface area contributed by atoms with Gasteiger partial charge in [0.2, 0.25) is 0 Å². The molecule has 2 rings (SSSR count). The summed E-state index contributed by atoms with van der Waals surface area (Å²) < 4.78 is 10.7. The Bertz CT molecular complexity index is 722. The van der Waals surface area contributed by atoms with Crippen LogP contribution >= 0.6 is 34.8 Å². The number of hydrogen-bond donors (Lipinski definition) is 1. The van der Waals surface area contributed by atoms with E-state index in [2.05, 4.69) is 5.32 Å². The van der Waals surface area contributed by atoms with Crippen LogP contribution in [0.2, 0.25) is 15.1 Å². The van der Waals surface area contributed by atoms with Gasteiger partial charge in [-0.1, -0.05) is 46.9 Å². The van der Waals surface area contributed by atoms with E-state index in [0.717, 1.165) is 0 Å². The molecule has 1 N–H and O–H groups in total. The summed E-state index contributed by atoms with van der Waals surface area (Å²) in [5.41, 5.74) is 0.552. The van der Waals surface area contributed by atoms with E-state index in [1.54, 1.807) is 25.1 Å². The number of anilines is 1. The third-order valence-corrected chi connectivity index (χ3v) is 4.03. The average Bonchev–Trinajstić information content (AvgIpc) is 2.53. The molecule has 0 spiro atoms. The lowest BCUT2D eigenvalue weighted by molar-refractivity contribution is -0.122. The molecule has 1 unspecified atom stereocenters. The number of ether oxygens (including phenoxy) is 2. The van der Waals surface area contributed by atoms with Crippen LogP contribution in [0.5, 0.6) is 11.5 Å². The van der Waals surface area contributed by atoms with Crippen molar-refractivity contribution in [1.29, 1.82) is 0 Å². The molecule has 0 aliphatic carbocycles. The van der Waals surface area contributed by atoms with Gasteiger partial charge < -0.3 is 14.8 Å². The molecule has 2 aromatic rings. The van der Waals surface area contributed by atoms with Gasteiger partial charge in [-0.2, -0.15) is 0 Å². The van der Waals surface area contributed by atoms with Crippen molar-refractivity contribution in [2.45, 2.75) is 13.0 Å². The smallest absolute Gasteiger partial charge is 0.265 e. The fraction of sp³-hybridized carbons (Fsp3) is 0.188. The minimum atomic E-state index is -0.797. The minimum Gasteiger partial charge on any atom is -0.495 e. The van der Waals surface area contributed by atoms with Crippen molar-refractivity contribution >= 4 is 46.4 Å². The van der Waals surface area contributed by atoms with Gasteiger partial charge in [0.25, 0.3) is 5.91 Å². The number of nitrogens with one attached hydrogen (secondary N) is 1. The fourth-order valence-corrected chi connectivity index (χ4v) is 2.40. The maximum Gasteiger partial charge on any atom is 0.265 e. The maximum atomic E-state index is 12.3. The average molecular weight is 375 g/mol. The summed E-state index contributed by atoms with van der Waals surface area (Å²) in [6, 6.07) is 10.0. The van der Waals surface area contributed by atoms with Crippen LogP contribution in [-0.2, 0) is 4.79 Å². The SMILES string of the molecule is COc1ccccc1NC(=O)C(C)Oc1cc(Cl)c(Cl)cc1Cl. The summed E-state index contributed by atoms with van der Waals surface area (Å²) in [6.07, 6.45) is -0.797. The molecular formula is C16H14Cl3NO3. The standard InChI is InChI=1S/C16H14Cl3NO3/c1-9(23-15-8-11(18)10(17)7-12(15)19)16(21)20-13-5-3-4-6-14(13)22-2/h3-9H,1-2H3,(H,20,21). The van der Waals surface area contributed by atoms with E-state index in [1.807, 2.05) is 6.07 Å². The first-order valence-electron chi connectivity index (χ1n) is 6.67. The van der Waals surface area contributed by atoms with Gasteiger partial charge in [-0.05, 0) is 25.1 Å². The summed E-state index contributed by atoms with van der Waals surface area (Å²) >= 11 is 17.8. The number of halogens is 3. The van der Waals surface area contributed by atoms with Crippen molar-refractivity contribution in [3.8, 4) is 11.5 Å². The predicted molar refractivity (Wildman–Crippen MR) is 93.2 cm³/mol. The molecule has 0 bridgehead atoms. The summed E-state index contributed by atoms with van der Waals surface area (Å²) in [6.45, 7) is 1.60. The molecule has 0 aliphatic heterocycles. The third kappa shape index (κ3) is 4.44. The van der Waals surface area contributed by atoms with Crippen LogP contribution in [0.25, 0.3) is 0 Å². The quantitative estimate of drug-likeness (QED) is 0.744. The molecule has 0 saturated carbocycles. The van der Waals surface area contributed by atoms with E-state index in [4.69, 9.17) is 44.3 Å². The van der Waals surface area contributed by atoms with E-state index in [0.29, 0.717) is 21.5 Å². The Hall–Kier alpha value is -1.62. The summed E-state index contributed by atoms with van der Waals surface area (Å²) in [7, 11) is 1.53. The van der Waals surface area contributed by atoms with Crippen LogP contribution in [0.1, 0.15) is 6.92 Å². The number of para-hydroxylation sites is 2. The molecule has 0 saturated heterocycles. The predicted octanol–water partition coefficient (Wildman–Crippen LogP) is 5.06. The highest BCUT2D eigenvalue weighted by Crippen LogP contribution is 2.34. The van der Waals surface area contributed by atoms with Crippen molar-refractivity contribution in [1.82, 2.24) is 0 Å². The van der Waals surface area contributed by atoms with Crippen LogP contribution in [-0.4, -0.2) is 19.1 Å². The second-order valence-corrected chi connectivity index (χ2v) is 5.87. The van der Waals surface area contributed by atoms with E-state index in [1.165, 1.54) is 19.2 Å². The van der Waals surface area contributed by atoms with E-state index >= 15 is 0 Å². The summed E-state index contributed by atoms with van der Waals surface area (Å²) in [5.74, 6) is 0.487. The molecule has 23 heavy (non-hydrogen) atoms. The Morgan fingerprint density at radius 1 is 1.04 bits per heavy atom. The first kappa shape index (κ1) is 17.7. The van der Waals surface area contributed by atoms with E-state index in [-0.39, 0.29) is 16.7 Å². The zero-order valence-electron chi connectivity index (χ0n) is 12.4. The van der Waals surface area contributed by atoms with Crippen molar-refractivity contribution in [2.24, 2.45) is 0 Å². The minimum absolute atomic E-state index is 0.274. The summed E-state index contributed by atoms with van der Waals surface area (Å²) in [5, 5.41) is 3.62. The largest absolute Gasteiger partial charge is 0.495 e. The van der Waals surface area contributed by atoms with Gasteiger partial charge in [0.15, 0.2) is 6.10 Å². The first-order chi connectivity index (χ1) is 10.9. The third-order valence-electron chi connectivity index (χ3n) is 3.01. The molecule has 1 atom stereocenters. The van der Waals surface area contributed by atoms with Gasteiger partial charge in [0.05, 0.1) is 27.9 Å². The van der Waals surface area contributed by atoms with Gasteiger partial charge in [-0.15, -0.1) is 0 Å². The highest BCUT2D eigenvalue weighted by Gasteiger charge is 2.18. The van der Waals surface area contributed by atoms with Crippen molar-refractivity contribution < 1.29 is 14.3 Å². The molecule has 0 radical (unpaired) electrons. The lowest BCUT2D eigenvalue weighted by Gasteiger charge is -2.17. The maximum absolute atomic E-state index is 12.3. The molecule has 0 fully saturated rings. The number of methoxy groups -OCH3 is 1. The van der Waals surface area contributed by atoms with Crippen LogP contribution in [0.3, 0.4) is 0 Å². The molecule has 4 nitrogen and oxygen atoms in total. The second kappa shape index (κ2) is 7.77. The zero-order valence-corrected chi connectivity index (χ0v) is 14.7. The number of hydrogen-bond acceptors (Lipinski definition) is 3. The first-order valence-corrected chi connectivity index (χ1v) is 7.81. The molecular weight excluding hydrogens is 361 g/mol. The van der Waals surface area contributed by atoms with E-state index in [9.17, 15) is 4.79 Å². The van der Waals surface area contributed by atoms with Crippen LogP contribution in [0, 0.1) is 0 Å². The van der Waals surface area contributed by atoms with Gasteiger partial charge in [0, 0.05) is 6.07 Å². The van der Waals surface area contributed by atoms with Crippen molar-refractivity contribution in [3.05, 3.63) is 51.5 Å². The Labute approximate surface area is 149 Å². The normalized spacial score (nSPS) is 11.7. The van der Waals surface area contributed by atoms with Gasteiger partial charge in [0.1, 0.15) is 11.5 Å². The fourth-order valence-electron chi connectivity index (χ4n) is 1.82. The molecule has 2 aromatic carbocycles. The van der Waals surface area contributed by atoms with Gasteiger partial charge in [-0.25, -0.2) is 0 Å². The lowest BCUT2D eigenvalue weighted by Crippen LogP contribution is -2.30. The lowest BCUT2D eigenvalue weighted by atomic mass is 10.2. The Balaban J connectivity index is 2.10. The Kier molecular flexibility index (Phi) is 5.99. The van der Waals surface area contributed by atoms with Crippen LogP contribution < -0.4 is 14.8 Å². The van der Waals surface area contributed by atoms with E-state index < -0.39 is 6.10 Å². The monoisotopic (exact) mass is 373 g/mol. The zero-order chi connectivity index (χ0) is 17.0. The number of amides is 1. The molecule has 7 heteroatoms. The number of carbonyl (C=O) groups excluding carboxylic acids is 1. The van der Waals surface area contributed by atoms with Gasteiger partial charge in [-0.3, -0.25) is 4.79 Å². The number of carbonyl (C=O) groups is 1. The highest BCUT2D eigenvalue weighted by molar-refractivity contribution is 6.43. The van der Waals surface area contributed by atoms with Crippen LogP contribution in [0.4, 0.5) is 5.69 Å². The molecule has 0 aromatic heterocycles. The van der Waals surface area contributed by atoms with Gasteiger partial charge >= 0.3 is 0 Å². The Morgan fingerprint density at radius 3 is 2.39 bits per heavy atom.